The van der Waals surface area contributed by atoms with Gasteiger partial charge in [-0.15, -0.1) is 0 Å². The summed E-state index contributed by atoms with van der Waals surface area (Å²) in [6.45, 7) is 2.73. The quantitative estimate of drug-likeness (QED) is 0.123. The van der Waals surface area contributed by atoms with Crippen LogP contribution in [0.1, 0.15) is 59.7 Å². The topological polar surface area (TPSA) is 108 Å². The minimum absolute atomic E-state index is 0.0283. The number of hydrogen-bond donors (Lipinski definition) is 3. The molecule has 3 N–H and O–H groups in total. The molecule has 8 nitrogen and oxygen atoms in total. The van der Waals surface area contributed by atoms with Crippen LogP contribution in [0.25, 0.3) is 11.1 Å². The number of aliphatic hydroxyl groups is 2. The Morgan fingerprint density at radius 3 is 2.14 bits per heavy atom. The number of sulfonamides is 1. The molecule has 5 atom stereocenters. The number of ether oxygens (including phenoxy) is 2. The number of likely N-dealkylation sites (N-methyl/N-ethyl adjacent to an activating group) is 1. The van der Waals surface area contributed by atoms with Crippen molar-refractivity contribution in [1.29, 1.82) is 0 Å². The second kappa shape index (κ2) is 16.2. The maximum Gasteiger partial charge on any atom is 0.240 e. The zero-order valence-corrected chi connectivity index (χ0v) is 29.1. The van der Waals surface area contributed by atoms with E-state index in [2.05, 4.69) is 15.7 Å². The lowest BCUT2D eigenvalue weighted by Crippen LogP contribution is -2.43. The number of benzene rings is 5. The molecule has 1 heterocycles. The third-order valence-electron chi connectivity index (χ3n) is 9.34. The second-order valence-corrected chi connectivity index (χ2v) is 14.6. The van der Waals surface area contributed by atoms with Gasteiger partial charge < -0.3 is 19.7 Å². The van der Waals surface area contributed by atoms with Crippen molar-refractivity contribution < 1.29 is 28.1 Å². The summed E-state index contributed by atoms with van der Waals surface area (Å²) in [5.74, 6) is 0. The highest BCUT2D eigenvalue weighted by Gasteiger charge is 2.34. The molecule has 0 bridgehead atoms. The summed E-state index contributed by atoms with van der Waals surface area (Å²) in [5, 5.41) is 20.7. The van der Waals surface area contributed by atoms with E-state index in [4.69, 9.17) is 9.47 Å². The van der Waals surface area contributed by atoms with E-state index in [1.54, 1.807) is 30.3 Å². The summed E-state index contributed by atoms with van der Waals surface area (Å²) < 4.78 is 41.6. The Kier molecular flexibility index (Phi) is 11.6. The van der Waals surface area contributed by atoms with Gasteiger partial charge in [0.25, 0.3) is 0 Å². The van der Waals surface area contributed by atoms with Crippen LogP contribution in [0.15, 0.2) is 138 Å². The molecule has 6 rings (SSSR count). The van der Waals surface area contributed by atoms with Gasteiger partial charge in [0, 0.05) is 31.1 Å². The van der Waals surface area contributed by atoms with Gasteiger partial charge in [0.05, 0.1) is 29.8 Å². The molecule has 1 aliphatic rings. The fourth-order valence-electron chi connectivity index (χ4n) is 6.28. The van der Waals surface area contributed by atoms with Crippen LogP contribution < -0.4 is 4.72 Å². The third kappa shape index (κ3) is 8.75. The van der Waals surface area contributed by atoms with Gasteiger partial charge in [-0.1, -0.05) is 109 Å². The monoisotopic (exact) mass is 692 g/mol. The Bertz CT molecular complexity index is 1940. The minimum atomic E-state index is -3.64. The number of nitrogens with one attached hydrogen (secondary N) is 1. The molecule has 0 radical (unpaired) electrons. The Labute approximate surface area is 295 Å². The summed E-state index contributed by atoms with van der Waals surface area (Å²) in [4.78, 5) is 2.36. The summed E-state index contributed by atoms with van der Waals surface area (Å²) in [6.07, 6.45) is -1.14. The van der Waals surface area contributed by atoms with E-state index in [1.807, 2.05) is 111 Å². The predicted octanol–water partition coefficient (Wildman–Crippen LogP) is 6.92. The van der Waals surface area contributed by atoms with E-state index < -0.39 is 22.4 Å². The zero-order valence-electron chi connectivity index (χ0n) is 28.3. The van der Waals surface area contributed by atoms with E-state index in [-0.39, 0.29) is 36.3 Å². The maximum absolute atomic E-state index is 12.8. The van der Waals surface area contributed by atoms with Crippen LogP contribution in [-0.2, 0) is 32.6 Å². The van der Waals surface area contributed by atoms with Gasteiger partial charge in [-0.3, -0.25) is 4.90 Å². The molecule has 0 aromatic heterocycles. The van der Waals surface area contributed by atoms with Gasteiger partial charge in [0.2, 0.25) is 10.0 Å². The number of aliphatic hydroxyl groups excluding tert-OH is 2. The molecule has 0 unspecified atom stereocenters. The maximum atomic E-state index is 12.8. The second-order valence-electron chi connectivity index (χ2n) is 12.8. The van der Waals surface area contributed by atoms with Gasteiger partial charge in [-0.05, 0) is 71.6 Å². The van der Waals surface area contributed by atoms with Crippen LogP contribution in [0.3, 0.4) is 0 Å². The van der Waals surface area contributed by atoms with Gasteiger partial charge in [0.15, 0.2) is 6.29 Å². The Morgan fingerprint density at radius 1 is 0.780 bits per heavy atom. The van der Waals surface area contributed by atoms with Crippen molar-refractivity contribution in [3.05, 3.63) is 161 Å². The molecule has 0 saturated carbocycles. The summed E-state index contributed by atoms with van der Waals surface area (Å²) in [6, 6.07) is 41.5. The minimum Gasteiger partial charge on any atom is -0.392 e. The predicted molar refractivity (Wildman–Crippen MR) is 194 cm³/mol. The van der Waals surface area contributed by atoms with Gasteiger partial charge in [0.1, 0.15) is 0 Å². The molecular weight excluding hydrogens is 649 g/mol. The van der Waals surface area contributed by atoms with E-state index in [9.17, 15) is 18.6 Å². The molecule has 1 saturated heterocycles. The Balaban J connectivity index is 1.21. The Hall–Kier alpha value is -4.19. The van der Waals surface area contributed by atoms with E-state index in [1.165, 1.54) is 0 Å². The highest BCUT2D eigenvalue weighted by molar-refractivity contribution is 7.89. The number of nitrogens with zero attached hydrogens (tertiary/aromatic N) is 1. The average molecular weight is 693 g/mol. The molecule has 5 aromatic rings. The summed E-state index contributed by atoms with van der Waals surface area (Å²) >= 11 is 0. The van der Waals surface area contributed by atoms with Crippen LogP contribution in [0, 0.1) is 0 Å². The SMILES string of the molecule is C[C@@H]([C@H](O)c1ccccc1)N(C)C[C@@H]1C[C@H](c2ccc(CO)cc2)O[C@H](c2cccc(-c3cccc(CNS(=O)(=O)c4ccccc4)c3)c2)O1. The first kappa shape index (κ1) is 35.6. The van der Waals surface area contributed by atoms with Crippen molar-refractivity contribution in [2.45, 2.75) is 62.0 Å². The lowest BCUT2D eigenvalue weighted by Gasteiger charge is -2.39. The molecule has 260 valence electrons. The van der Waals surface area contributed by atoms with Crippen molar-refractivity contribution in [3.8, 4) is 11.1 Å². The van der Waals surface area contributed by atoms with Gasteiger partial charge in [-0.2, -0.15) is 0 Å². The lowest BCUT2D eigenvalue weighted by molar-refractivity contribution is -0.253. The van der Waals surface area contributed by atoms with E-state index >= 15 is 0 Å². The third-order valence-corrected chi connectivity index (χ3v) is 10.8. The highest BCUT2D eigenvalue weighted by Crippen LogP contribution is 2.39. The summed E-state index contributed by atoms with van der Waals surface area (Å²) in [5.41, 5.74) is 6.29. The smallest absolute Gasteiger partial charge is 0.240 e. The molecule has 50 heavy (non-hydrogen) atoms. The van der Waals surface area contributed by atoms with Crippen molar-refractivity contribution in [1.82, 2.24) is 9.62 Å². The molecular formula is C41H44N2O6S. The molecule has 0 amide bonds. The van der Waals surface area contributed by atoms with Crippen LogP contribution >= 0.6 is 0 Å². The molecule has 9 heteroatoms. The van der Waals surface area contributed by atoms with Crippen LogP contribution in [0.4, 0.5) is 0 Å². The fraction of sp³-hybridized carbons (Fsp3) is 0.268. The first-order valence-corrected chi connectivity index (χ1v) is 18.4. The summed E-state index contributed by atoms with van der Waals surface area (Å²) in [7, 11) is -1.64. The molecule has 1 aliphatic heterocycles. The van der Waals surface area contributed by atoms with E-state index in [0.717, 1.165) is 38.9 Å². The molecule has 0 aliphatic carbocycles. The van der Waals surface area contributed by atoms with Crippen molar-refractivity contribution in [2.75, 3.05) is 13.6 Å². The van der Waals surface area contributed by atoms with Crippen LogP contribution in [0.2, 0.25) is 0 Å². The van der Waals surface area contributed by atoms with Crippen molar-refractivity contribution in [2.24, 2.45) is 0 Å². The molecule has 5 aromatic carbocycles. The lowest BCUT2D eigenvalue weighted by atomic mass is 9.97. The standard InChI is InChI=1S/C41H44N2O6S/c1-29(40(45)33-12-5-3-6-13-33)43(2)27-37-25-39(32-21-19-30(28-44)20-22-32)49-41(48-37)36-16-10-15-35(24-36)34-14-9-11-31(23-34)26-42-50(46,47)38-17-7-4-8-18-38/h3-24,29,37,39-42,44-45H,25-28H2,1-2H3/t29-,37-,39+,40-,41+/m0/s1. The largest absolute Gasteiger partial charge is 0.392 e. The van der Waals surface area contributed by atoms with Crippen molar-refractivity contribution in [3.63, 3.8) is 0 Å². The fourth-order valence-corrected chi connectivity index (χ4v) is 7.32. The number of hydrogen-bond acceptors (Lipinski definition) is 7. The van der Waals surface area contributed by atoms with Crippen LogP contribution in [0.5, 0.6) is 0 Å². The van der Waals surface area contributed by atoms with Crippen molar-refractivity contribution >= 4 is 10.0 Å². The van der Waals surface area contributed by atoms with Gasteiger partial charge in [-0.25, -0.2) is 13.1 Å². The first-order valence-electron chi connectivity index (χ1n) is 16.9. The van der Waals surface area contributed by atoms with Gasteiger partial charge >= 0.3 is 0 Å². The van der Waals surface area contributed by atoms with E-state index in [0.29, 0.717) is 13.0 Å². The average Bonchev–Trinajstić information content (AvgIpc) is 3.17. The van der Waals surface area contributed by atoms with Crippen LogP contribution in [-0.4, -0.2) is 49.3 Å². The molecule has 1 fully saturated rings. The Morgan fingerprint density at radius 2 is 1.44 bits per heavy atom. The highest BCUT2D eigenvalue weighted by atomic mass is 32.2. The molecule has 0 spiro atoms. The zero-order chi connectivity index (χ0) is 35.1. The number of rotatable bonds is 13. The first-order chi connectivity index (χ1) is 24.2. The normalized spacial score (nSPS) is 19.3.